The average Bonchev–Trinajstić information content (AvgIpc) is 2.94. The van der Waals surface area contributed by atoms with Gasteiger partial charge in [-0.15, -0.1) is 0 Å². The van der Waals surface area contributed by atoms with Gasteiger partial charge in [0.15, 0.2) is 0 Å². The Kier molecular flexibility index (Phi) is 5.80. The van der Waals surface area contributed by atoms with Crippen LogP contribution in [-0.4, -0.2) is 38.3 Å². The van der Waals surface area contributed by atoms with E-state index in [2.05, 4.69) is 4.90 Å². The molecular formula is C16H24FNO2. The molecule has 1 saturated heterocycles. The molecule has 0 amide bonds. The first-order chi connectivity index (χ1) is 9.69. The third kappa shape index (κ3) is 4.46. The molecule has 1 aliphatic rings. The largest absolute Gasteiger partial charge is 0.497 e. The summed E-state index contributed by atoms with van der Waals surface area (Å²) in [6.45, 7) is 2.47. The second kappa shape index (κ2) is 7.60. The van der Waals surface area contributed by atoms with Crippen LogP contribution in [0.25, 0.3) is 0 Å². The molecule has 3 nitrogen and oxygen atoms in total. The van der Waals surface area contributed by atoms with Gasteiger partial charge in [0, 0.05) is 18.7 Å². The zero-order chi connectivity index (χ0) is 14.4. The Hall–Kier alpha value is -1.13. The number of ether oxygens (including phenoxy) is 2. The van der Waals surface area contributed by atoms with Crippen molar-refractivity contribution in [1.82, 2.24) is 4.90 Å². The maximum absolute atomic E-state index is 13.7. The highest BCUT2D eigenvalue weighted by Gasteiger charge is 2.15. The van der Waals surface area contributed by atoms with Crippen molar-refractivity contribution in [2.45, 2.75) is 38.3 Å². The summed E-state index contributed by atoms with van der Waals surface area (Å²) in [5.74, 6) is 0.533. The predicted molar refractivity (Wildman–Crippen MR) is 77.5 cm³/mol. The maximum atomic E-state index is 13.7. The number of hydrogen-bond acceptors (Lipinski definition) is 3. The summed E-state index contributed by atoms with van der Waals surface area (Å²) in [5.41, 5.74) is 0.684. The van der Waals surface area contributed by atoms with E-state index >= 15 is 0 Å². The lowest BCUT2D eigenvalue weighted by molar-refractivity contribution is 0.0995. The van der Waals surface area contributed by atoms with E-state index in [0.29, 0.717) is 24.0 Å². The number of methoxy groups -OCH3 is 1. The van der Waals surface area contributed by atoms with Gasteiger partial charge in [-0.1, -0.05) is 0 Å². The van der Waals surface area contributed by atoms with E-state index < -0.39 is 0 Å². The van der Waals surface area contributed by atoms with Crippen molar-refractivity contribution in [3.63, 3.8) is 0 Å². The summed E-state index contributed by atoms with van der Waals surface area (Å²) in [6, 6.07) is 4.89. The molecule has 1 aromatic carbocycles. The first-order valence-electron chi connectivity index (χ1n) is 7.31. The molecule has 0 radical (unpaired) electrons. The lowest BCUT2D eigenvalue weighted by atomic mass is 10.1. The van der Waals surface area contributed by atoms with Crippen LogP contribution >= 0.6 is 0 Å². The highest BCUT2D eigenvalue weighted by Crippen LogP contribution is 2.19. The van der Waals surface area contributed by atoms with Gasteiger partial charge >= 0.3 is 0 Å². The Balaban J connectivity index is 1.76. The van der Waals surface area contributed by atoms with Crippen LogP contribution in [0.3, 0.4) is 0 Å². The van der Waals surface area contributed by atoms with Crippen molar-refractivity contribution < 1.29 is 13.9 Å². The average molecular weight is 281 g/mol. The molecule has 1 atom stereocenters. The molecule has 0 saturated carbocycles. The van der Waals surface area contributed by atoms with Crippen molar-refractivity contribution >= 4 is 0 Å². The lowest BCUT2D eigenvalue weighted by Crippen LogP contribution is -2.21. The minimum atomic E-state index is -0.170. The van der Waals surface area contributed by atoms with Crippen LogP contribution in [0.5, 0.6) is 5.75 Å². The van der Waals surface area contributed by atoms with Crippen LogP contribution in [0, 0.1) is 5.82 Å². The van der Waals surface area contributed by atoms with Crippen molar-refractivity contribution in [2.24, 2.45) is 0 Å². The summed E-state index contributed by atoms with van der Waals surface area (Å²) in [6.07, 6.45) is 5.01. The fourth-order valence-corrected chi connectivity index (χ4v) is 2.63. The zero-order valence-corrected chi connectivity index (χ0v) is 12.4. The van der Waals surface area contributed by atoms with E-state index in [4.69, 9.17) is 9.47 Å². The molecule has 0 unspecified atom stereocenters. The van der Waals surface area contributed by atoms with Crippen LogP contribution in [0.1, 0.15) is 31.2 Å². The molecule has 1 aliphatic heterocycles. The molecule has 1 fully saturated rings. The molecular weight excluding hydrogens is 257 g/mol. The van der Waals surface area contributed by atoms with Crippen molar-refractivity contribution in [3.05, 3.63) is 29.6 Å². The number of nitrogens with zero attached hydrogens (tertiary/aromatic N) is 1. The summed E-state index contributed by atoms with van der Waals surface area (Å²) in [4.78, 5) is 2.15. The van der Waals surface area contributed by atoms with E-state index in [-0.39, 0.29) is 5.82 Å². The molecule has 112 valence electrons. The SMILES string of the molecule is COc1ccc(F)c(CN(C)CCC[C@@H]2CCCO2)c1. The van der Waals surface area contributed by atoms with Gasteiger partial charge in [-0.25, -0.2) is 4.39 Å². The Morgan fingerprint density at radius 1 is 1.45 bits per heavy atom. The highest BCUT2D eigenvalue weighted by atomic mass is 19.1. The molecule has 1 aromatic rings. The molecule has 20 heavy (non-hydrogen) atoms. The van der Waals surface area contributed by atoms with Crippen molar-refractivity contribution in [3.8, 4) is 5.75 Å². The van der Waals surface area contributed by atoms with Gasteiger partial charge in [0.25, 0.3) is 0 Å². The minimum Gasteiger partial charge on any atom is -0.497 e. The Morgan fingerprint density at radius 3 is 3.00 bits per heavy atom. The third-order valence-electron chi connectivity index (χ3n) is 3.78. The fraction of sp³-hybridized carbons (Fsp3) is 0.625. The Bertz CT molecular complexity index is 419. The maximum Gasteiger partial charge on any atom is 0.127 e. The van der Waals surface area contributed by atoms with Gasteiger partial charge in [-0.2, -0.15) is 0 Å². The standard InChI is InChI=1S/C16H24FNO2/c1-18(9-3-5-14-6-4-10-20-14)12-13-11-15(19-2)7-8-16(13)17/h7-8,11,14H,3-6,9-10,12H2,1-2H3/t14-/m1/s1. The molecule has 0 aromatic heterocycles. The monoisotopic (exact) mass is 281 g/mol. The molecule has 0 spiro atoms. The van der Waals surface area contributed by atoms with Gasteiger partial charge in [-0.3, -0.25) is 0 Å². The smallest absolute Gasteiger partial charge is 0.127 e. The minimum absolute atomic E-state index is 0.170. The molecule has 1 heterocycles. The van der Waals surface area contributed by atoms with Gasteiger partial charge in [0.2, 0.25) is 0 Å². The van der Waals surface area contributed by atoms with Crippen LogP contribution in [-0.2, 0) is 11.3 Å². The number of rotatable bonds is 7. The van der Waals surface area contributed by atoms with Gasteiger partial charge in [0.05, 0.1) is 13.2 Å². The number of benzene rings is 1. The topological polar surface area (TPSA) is 21.7 Å². The first kappa shape index (κ1) is 15.3. The van der Waals surface area contributed by atoms with E-state index in [1.807, 2.05) is 7.05 Å². The van der Waals surface area contributed by atoms with Crippen molar-refractivity contribution in [2.75, 3.05) is 27.3 Å². The highest BCUT2D eigenvalue weighted by molar-refractivity contribution is 5.29. The first-order valence-corrected chi connectivity index (χ1v) is 7.31. The predicted octanol–water partition coefficient (Wildman–Crippen LogP) is 3.23. The molecule has 2 rings (SSSR count). The molecule has 0 aliphatic carbocycles. The van der Waals surface area contributed by atoms with E-state index in [9.17, 15) is 4.39 Å². The van der Waals surface area contributed by atoms with E-state index in [1.54, 1.807) is 19.2 Å². The zero-order valence-electron chi connectivity index (χ0n) is 12.4. The van der Waals surface area contributed by atoms with Gasteiger partial charge in [-0.05, 0) is 57.5 Å². The van der Waals surface area contributed by atoms with Crippen LogP contribution in [0.4, 0.5) is 4.39 Å². The van der Waals surface area contributed by atoms with E-state index in [1.165, 1.54) is 18.9 Å². The van der Waals surface area contributed by atoms with Crippen LogP contribution < -0.4 is 4.74 Å². The summed E-state index contributed by atoms with van der Waals surface area (Å²) < 4.78 is 24.5. The Labute approximate surface area is 120 Å². The summed E-state index contributed by atoms with van der Waals surface area (Å²) >= 11 is 0. The second-order valence-corrected chi connectivity index (χ2v) is 5.47. The van der Waals surface area contributed by atoms with Crippen LogP contribution in [0.2, 0.25) is 0 Å². The Morgan fingerprint density at radius 2 is 2.30 bits per heavy atom. The second-order valence-electron chi connectivity index (χ2n) is 5.47. The molecule has 4 heteroatoms. The number of hydrogen-bond donors (Lipinski definition) is 0. The normalized spacial score (nSPS) is 18.7. The third-order valence-corrected chi connectivity index (χ3v) is 3.78. The quantitative estimate of drug-likeness (QED) is 0.766. The fourth-order valence-electron chi connectivity index (χ4n) is 2.63. The molecule has 0 N–H and O–H groups in total. The van der Waals surface area contributed by atoms with Crippen molar-refractivity contribution in [1.29, 1.82) is 0 Å². The molecule has 0 bridgehead atoms. The summed E-state index contributed by atoms with van der Waals surface area (Å²) in [5, 5.41) is 0. The van der Waals surface area contributed by atoms with Gasteiger partial charge < -0.3 is 14.4 Å². The van der Waals surface area contributed by atoms with Crippen LogP contribution in [0.15, 0.2) is 18.2 Å². The number of halogens is 1. The van der Waals surface area contributed by atoms with Gasteiger partial charge in [0.1, 0.15) is 11.6 Å². The summed E-state index contributed by atoms with van der Waals surface area (Å²) in [7, 11) is 3.62. The van der Waals surface area contributed by atoms with E-state index in [0.717, 1.165) is 26.0 Å². The lowest BCUT2D eigenvalue weighted by Gasteiger charge is -2.18.